The first-order chi connectivity index (χ1) is 9.65. The maximum atomic E-state index is 11.8. The van der Waals surface area contributed by atoms with Gasteiger partial charge in [0.25, 0.3) is 0 Å². The molecule has 0 saturated heterocycles. The van der Waals surface area contributed by atoms with E-state index in [1.807, 2.05) is 7.05 Å². The number of carbonyl (C=O) groups is 1. The van der Waals surface area contributed by atoms with Crippen molar-refractivity contribution in [2.75, 3.05) is 13.6 Å². The summed E-state index contributed by atoms with van der Waals surface area (Å²) in [6.45, 7) is 21.6. The molecule has 0 saturated carbocycles. The summed E-state index contributed by atoms with van der Waals surface area (Å²) in [5.74, 6) is 0.0144. The summed E-state index contributed by atoms with van der Waals surface area (Å²) >= 11 is 0. The molecule has 0 radical (unpaired) electrons. The number of rotatable bonds is 9. The Kier molecular flexibility index (Phi) is 7.97. The number of amides is 1. The van der Waals surface area contributed by atoms with Gasteiger partial charge in [0, 0.05) is 19.2 Å². The number of hydrogen-bond donors (Lipinski definition) is 0. The molecule has 0 fully saturated rings. The summed E-state index contributed by atoms with van der Waals surface area (Å²) in [5.41, 5.74) is 0.583. The van der Waals surface area contributed by atoms with Gasteiger partial charge in [-0.05, 0) is 65.2 Å². The maximum absolute atomic E-state index is 11.8. The lowest BCUT2D eigenvalue weighted by atomic mass is 10.3. The second-order valence-corrected chi connectivity index (χ2v) is 21.0. The standard InChI is InChI=1S/C15H35NO3Si3/c1-14(2)15(17)16(3)12-11-13-22(10,18-20(4,5)6)19-21(7,8)9/h1,11-13H2,2-10H3. The van der Waals surface area contributed by atoms with Crippen molar-refractivity contribution in [2.45, 2.75) is 65.2 Å². The minimum Gasteiger partial charge on any atom is -0.437 e. The van der Waals surface area contributed by atoms with Gasteiger partial charge in [0.1, 0.15) is 0 Å². The van der Waals surface area contributed by atoms with Gasteiger partial charge >= 0.3 is 8.56 Å². The molecular formula is C15H35NO3Si3. The van der Waals surface area contributed by atoms with Crippen molar-refractivity contribution in [1.82, 2.24) is 4.90 Å². The number of hydrogen-bond acceptors (Lipinski definition) is 3. The summed E-state index contributed by atoms with van der Waals surface area (Å²) in [6.07, 6.45) is 0.910. The van der Waals surface area contributed by atoms with Crippen molar-refractivity contribution >= 4 is 31.1 Å². The lowest BCUT2D eigenvalue weighted by Gasteiger charge is -2.38. The SMILES string of the molecule is C=C(C)C(=O)N(C)CCC[Si](C)(O[Si](C)(C)C)O[Si](C)(C)C. The first kappa shape index (κ1) is 21.8. The third kappa shape index (κ3) is 9.73. The second kappa shape index (κ2) is 8.05. The lowest BCUT2D eigenvalue weighted by molar-refractivity contribution is -0.125. The van der Waals surface area contributed by atoms with Crippen LogP contribution in [0.5, 0.6) is 0 Å². The van der Waals surface area contributed by atoms with E-state index >= 15 is 0 Å². The molecule has 0 aromatic carbocycles. The molecule has 0 spiro atoms. The fraction of sp³-hybridized carbons (Fsp3) is 0.800. The van der Waals surface area contributed by atoms with E-state index in [4.69, 9.17) is 8.23 Å². The van der Waals surface area contributed by atoms with Crippen molar-refractivity contribution in [1.29, 1.82) is 0 Å². The zero-order chi connectivity index (χ0) is 17.8. The van der Waals surface area contributed by atoms with Crippen LogP contribution in [0.25, 0.3) is 0 Å². The Morgan fingerprint density at radius 1 is 1.00 bits per heavy atom. The van der Waals surface area contributed by atoms with Crippen LogP contribution in [-0.2, 0) is 13.0 Å². The Balaban J connectivity index is 4.73. The van der Waals surface area contributed by atoms with Crippen LogP contribution in [0.1, 0.15) is 13.3 Å². The van der Waals surface area contributed by atoms with Gasteiger partial charge < -0.3 is 13.1 Å². The van der Waals surface area contributed by atoms with Crippen LogP contribution in [0.4, 0.5) is 0 Å². The molecule has 0 heterocycles. The minimum atomic E-state index is -2.19. The van der Waals surface area contributed by atoms with E-state index in [-0.39, 0.29) is 5.91 Å². The molecule has 22 heavy (non-hydrogen) atoms. The second-order valence-electron chi connectivity index (χ2n) is 8.17. The van der Waals surface area contributed by atoms with Gasteiger partial charge in [-0.3, -0.25) is 4.79 Å². The fourth-order valence-corrected chi connectivity index (χ4v) is 15.0. The quantitative estimate of drug-likeness (QED) is 0.456. The third-order valence-electron chi connectivity index (χ3n) is 2.88. The first-order valence-electron chi connectivity index (χ1n) is 7.96. The van der Waals surface area contributed by atoms with Gasteiger partial charge in [-0.2, -0.15) is 0 Å². The number of nitrogens with zero attached hydrogens (tertiary/aromatic N) is 1. The zero-order valence-electron chi connectivity index (χ0n) is 16.0. The van der Waals surface area contributed by atoms with Crippen molar-refractivity contribution in [3.63, 3.8) is 0 Å². The van der Waals surface area contributed by atoms with Gasteiger partial charge in [0.2, 0.25) is 5.91 Å². The molecule has 0 N–H and O–H groups in total. The summed E-state index contributed by atoms with van der Waals surface area (Å²) in [6, 6.07) is 0.926. The van der Waals surface area contributed by atoms with Crippen molar-refractivity contribution < 1.29 is 13.0 Å². The molecule has 0 unspecified atom stereocenters. The summed E-state index contributed by atoms with van der Waals surface area (Å²) < 4.78 is 12.9. The Hall–Kier alpha value is -0.219. The molecular weight excluding hydrogens is 326 g/mol. The van der Waals surface area contributed by atoms with Crippen LogP contribution in [-0.4, -0.2) is 49.6 Å². The highest BCUT2D eigenvalue weighted by Gasteiger charge is 2.39. The van der Waals surface area contributed by atoms with Crippen LogP contribution in [0.15, 0.2) is 12.2 Å². The van der Waals surface area contributed by atoms with Crippen molar-refractivity contribution in [2.24, 2.45) is 0 Å². The molecule has 0 bridgehead atoms. The average Bonchev–Trinajstić information content (AvgIpc) is 2.21. The molecule has 1 amide bonds. The highest BCUT2D eigenvalue weighted by molar-refractivity contribution is 6.87. The molecule has 0 aliphatic rings. The molecule has 7 heteroatoms. The van der Waals surface area contributed by atoms with E-state index in [0.717, 1.165) is 19.0 Å². The van der Waals surface area contributed by atoms with E-state index in [9.17, 15) is 4.79 Å². The van der Waals surface area contributed by atoms with E-state index in [0.29, 0.717) is 5.57 Å². The van der Waals surface area contributed by atoms with Gasteiger partial charge in [-0.15, -0.1) is 0 Å². The predicted molar refractivity (Wildman–Crippen MR) is 102 cm³/mol. The molecule has 0 atom stereocenters. The average molecular weight is 362 g/mol. The van der Waals surface area contributed by atoms with E-state index in [1.165, 1.54) is 0 Å². The molecule has 0 rings (SSSR count). The lowest BCUT2D eigenvalue weighted by Crippen LogP contribution is -2.52. The minimum absolute atomic E-state index is 0.0144. The topological polar surface area (TPSA) is 38.8 Å². The first-order valence-corrected chi connectivity index (χ1v) is 17.3. The molecule has 130 valence electrons. The normalized spacial score (nSPS) is 13.1. The molecule has 0 aliphatic heterocycles. The van der Waals surface area contributed by atoms with E-state index in [1.54, 1.807) is 11.8 Å². The van der Waals surface area contributed by atoms with Crippen molar-refractivity contribution in [3.8, 4) is 0 Å². The Morgan fingerprint density at radius 2 is 1.41 bits per heavy atom. The highest BCUT2D eigenvalue weighted by Crippen LogP contribution is 2.25. The highest BCUT2D eigenvalue weighted by atomic mass is 28.5. The predicted octanol–water partition coefficient (Wildman–Crippen LogP) is 4.19. The Morgan fingerprint density at radius 3 is 1.73 bits per heavy atom. The molecule has 4 nitrogen and oxygen atoms in total. The molecule has 0 aromatic rings. The van der Waals surface area contributed by atoms with Gasteiger partial charge in [-0.25, -0.2) is 0 Å². The maximum Gasteiger partial charge on any atom is 0.314 e. The molecule has 0 aromatic heterocycles. The van der Waals surface area contributed by atoms with Crippen molar-refractivity contribution in [3.05, 3.63) is 12.2 Å². The largest absolute Gasteiger partial charge is 0.437 e. The summed E-state index contributed by atoms with van der Waals surface area (Å²) in [4.78, 5) is 13.6. The number of carbonyl (C=O) groups excluding carboxylic acids is 1. The van der Waals surface area contributed by atoms with Crippen LogP contribution in [0.2, 0.25) is 51.9 Å². The van der Waals surface area contributed by atoms with Gasteiger partial charge in [-0.1, -0.05) is 6.58 Å². The zero-order valence-corrected chi connectivity index (χ0v) is 19.0. The van der Waals surface area contributed by atoms with Crippen LogP contribution >= 0.6 is 0 Å². The summed E-state index contributed by atoms with van der Waals surface area (Å²) in [5, 5.41) is 0. The summed E-state index contributed by atoms with van der Waals surface area (Å²) in [7, 11) is -3.65. The number of likely N-dealkylation sites (N-methyl/N-ethyl adjacent to an activating group) is 1. The Bertz CT molecular complexity index is 384. The molecule has 0 aliphatic carbocycles. The fourth-order valence-electron chi connectivity index (χ4n) is 2.48. The smallest absolute Gasteiger partial charge is 0.314 e. The van der Waals surface area contributed by atoms with Gasteiger partial charge in [0.15, 0.2) is 16.6 Å². The van der Waals surface area contributed by atoms with E-state index < -0.39 is 25.2 Å². The third-order valence-corrected chi connectivity index (χ3v) is 12.5. The van der Waals surface area contributed by atoms with Crippen LogP contribution < -0.4 is 0 Å². The van der Waals surface area contributed by atoms with Crippen LogP contribution in [0, 0.1) is 0 Å². The van der Waals surface area contributed by atoms with Crippen LogP contribution in [0.3, 0.4) is 0 Å². The van der Waals surface area contributed by atoms with Gasteiger partial charge in [0.05, 0.1) is 0 Å². The monoisotopic (exact) mass is 361 g/mol. The van der Waals surface area contributed by atoms with E-state index in [2.05, 4.69) is 52.4 Å². The Labute approximate surface area is 140 Å².